The number of nitrogens with zero attached hydrogens (tertiary/aromatic N) is 4. The lowest BCUT2D eigenvalue weighted by atomic mass is 10.0. The maximum atomic E-state index is 12.4. The maximum Gasteiger partial charge on any atom is 0.238 e. The molecule has 1 aromatic carbocycles. The minimum Gasteiger partial charge on any atom is -0.480 e. The topological polar surface area (TPSA) is 109 Å². The smallest absolute Gasteiger partial charge is 0.238 e. The van der Waals surface area contributed by atoms with E-state index in [1.54, 1.807) is 18.6 Å². The Hall–Kier alpha value is -2.98. The fourth-order valence-electron chi connectivity index (χ4n) is 3.38. The van der Waals surface area contributed by atoms with E-state index in [0.717, 1.165) is 53.8 Å². The number of benzene rings is 1. The van der Waals surface area contributed by atoms with Gasteiger partial charge in [-0.3, -0.25) is 4.72 Å². The summed E-state index contributed by atoms with van der Waals surface area (Å²) in [4.78, 5) is 15.2. The molecule has 0 unspecified atom stereocenters. The number of rotatable bonds is 12. The first-order chi connectivity index (χ1) is 15.8. The van der Waals surface area contributed by atoms with Crippen LogP contribution in [0.5, 0.6) is 5.88 Å². The van der Waals surface area contributed by atoms with Crippen molar-refractivity contribution in [1.29, 1.82) is 0 Å². The normalized spacial score (nSPS) is 11.7. The van der Waals surface area contributed by atoms with Crippen LogP contribution in [0.3, 0.4) is 0 Å². The summed E-state index contributed by atoms with van der Waals surface area (Å²) in [5.41, 5.74) is 2.77. The lowest BCUT2D eigenvalue weighted by Gasteiger charge is -2.14. The fraction of sp³-hybridized carbons (Fsp3) is 0.435. The average Bonchev–Trinajstić information content (AvgIpc) is 2.80. The molecule has 2 heterocycles. The molecule has 178 valence electrons. The Balaban J connectivity index is 1.91. The van der Waals surface area contributed by atoms with Crippen LogP contribution >= 0.6 is 0 Å². The fourth-order valence-corrected chi connectivity index (χ4v) is 4.63. The minimum atomic E-state index is -3.49. The van der Waals surface area contributed by atoms with Gasteiger partial charge in [0.2, 0.25) is 15.9 Å². The van der Waals surface area contributed by atoms with Crippen LogP contribution in [0.25, 0.3) is 22.0 Å². The standard InChI is InChI=1S/C23H32N6O3S/c1-5-6-12-33(30,31)28-21-14-18(15-25-23(21)32-4)17-8-9-20-19(13-17)22(27-16-26-20)24-10-7-11-29(2)3/h8-9,13-16,28H,5-7,10-12H2,1-4H3,(H,24,26,27). The van der Waals surface area contributed by atoms with E-state index in [9.17, 15) is 8.42 Å². The molecule has 9 nitrogen and oxygen atoms in total. The monoisotopic (exact) mass is 472 g/mol. The number of sulfonamides is 1. The summed E-state index contributed by atoms with van der Waals surface area (Å²) in [5, 5.41) is 4.29. The number of methoxy groups -OCH3 is 1. The Morgan fingerprint density at radius 2 is 1.88 bits per heavy atom. The zero-order valence-electron chi connectivity index (χ0n) is 19.6. The molecule has 0 atom stereocenters. The van der Waals surface area contributed by atoms with Gasteiger partial charge in [-0.1, -0.05) is 19.4 Å². The predicted molar refractivity (Wildman–Crippen MR) is 133 cm³/mol. The number of hydrogen-bond donors (Lipinski definition) is 2. The van der Waals surface area contributed by atoms with Gasteiger partial charge in [0.25, 0.3) is 0 Å². The van der Waals surface area contributed by atoms with Crippen molar-refractivity contribution in [3.05, 3.63) is 36.8 Å². The molecule has 0 saturated heterocycles. The van der Waals surface area contributed by atoms with Crippen molar-refractivity contribution in [3.8, 4) is 17.0 Å². The van der Waals surface area contributed by atoms with Crippen molar-refractivity contribution in [2.75, 3.05) is 50.1 Å². The van der Waals surface area contributed by atoms with Crippen molar-refractivity contribution in [3.63, 3.8) is 0 Å². The highest BCUT2D eigenvalue weighted by molar-refractivity contribution is 7.92. The van der Waals surface area contributed by atoms with Crippen LogP contribution in [0.15, 0.2) is 36.8 Å². The number of anilines is 2. The number of hydrogen-bond acceptors (Lipinski definition) is 8. The Labute approximate surface area is 195 Å². The van der Waals surface area contributed by atoms with Gasteiger partial charge in [-0.25, -0.2) is 23.4 Å². The summed E-state index contributed by atoms with van der Waals surface area (Å²) in [6.07, 6.45) is 5.58. The highest BCUT2D eigenvalue weighted by Gasteiger charge is 2.16. The number of nitrogens with one attached hydrogen (secondary N) is 2. The van der Waals surface area contributed by atoms with Gasteiger partial charge in [0.05, 0.1) is 18.4 Å². The molecule has 0 fully saturated rings. The molecule has 0 aliphatic rings. The van der Waals surface area contributed by atoms with Crippen LogP contribution in [0, 0.1) is 0 Å². The third kappa shape index (κ3) is 6.75. The molecule has 0 aliphatic heterocycles. The molecule has 2 aromatic heterocycles. The first-order valence-electron chi connectivity index (χ1n) is 11.0. The molecule has 3 rings (SSSR count). The molecule has 0 saturated carbocycles. The number of ether oxygens (including phenoxy) is 1. The van der Waals surface area contributed by atoms with Crippen LogP contribution in [-0.2, 0) is 10.0 Å². The molecule has 2 N–H and O–H groups in total. The second-order valence-electron chi connectivity index (χ2n) is 8.09. The maximum absolute atomic E-state index is 12.4. The third-order valence-corrected chi connectivity index (χ3v) is 6.48. The molecule has 3 aromatic rings. The molecule has 0 aliphatic carbocycles. The summed E-state index contributed by atoms with van der Waals surface area (Å²) < 4.78 is 32.8. The molecular weight excluding hydrogens is 440 g/mol. The predicted octanol–water partition coefficient (Wildman–Crippen LogP) is 3.61. The summed E-state index contributed by atoms with van der Waals surface area (Å²) in [6, 6.07) is 7.59. The van der Waals surface area contributed by atoms with Gasteiger partial charge in [0, 0.05) is 23.7 Å². The number of pyridine rings is 1. The number of unbranched alkanes of at least 4 members (excludes halogenated alkanes) is 1. The molecule has 10 heteroatoms. The van der Waals surface area contributed by atoms with Crippen LogP contribution in [0.1, 0.15) is 26.2 Å². The minimum absolute atomic E-state index is 0.0487. The van der Waals surface area contributed by atoms with E-state index in [1.165, 1.54) is 7.11 Å². The van der Waals surface area contributed by atoms with Crippen molar-refractivity contribution in [2.45, 2.75) is 26.2 Å². The second-order valence-corrected chi connectivity index (χ2v) is 9.93. The highest BCUT2D eigenvalue weighted by Crippen LogP contribution is 2.31. The van der Waals surface area contributed by atoms with E-state index in [-0.39, 0.29) is 11.6 Å². The summed E-state index contributed by atoms with van der Waals surface area (Å²) in [6.45, 7) is 3.73. The van der Waals surface area contributed by atoms with Gasteiger partial charge in [-0.2, -0.15) is 0 Å². The van der Waals surface area contributed by atoms with Gasteiger partial charge >= 0.3 is 0 Å². The largest absolute Gasteiger partial charge is 0.480 e. The van der Waals surface area contributed by atoms with Crippen LogP contribution in [-0.4, -0.2) is 68.3 Å². The van der Waals surface area contributed by atoms with E-state index in [1.807, 2.05) is 39.2 Å². The summed E-state index contributed by atoms with van der Waals surface area (Å²) in [5.74, 6) is 1.04. The first-order valence-corrected chi connectivity index (χ1v) is 12.7. The Morgan fingerprint density at radius 3 is 2.61 bits per heavy atom. The number of fused-ring (bicyclic) bond motifs is 1. The van der Waals surface area contributed by atoms with Crippen LogP contribution < -0.4 is 14.8 Å². The Bertz CT molecular complexity index is 1180. The van der Waals surface area contributed by atoms with E-state index < -0.39 is 10.0 Å². The van der Waals surface area contributed by atoms with Crippen LogP contribution in [0.2, 0.25) is 0 Å². The lowest BCUT2D eigenvalue weighted by Crippen LogP contribution is -2.17. The third-order valence-electron chi connectivity index (χ3n) is 5.12. The summed E-state index contributed by atoms with van der Waals surface area (Å²) >= 11 is 0. The van der Waals surface area contributed by atoms with Crippen molar-refractivity contribution >= 4 is 32.4 Å². The molecule has 0 radical (unpaired) electrons. The molecule has 0 amide bonds. The van der Waals surface area contributed by atoms with E-state index >= 15 is 0 Å². The molecule has 33 heavy (non-hydrogen) atoms. The van der Waals surface area contributed by atoms with Crippen molar-refractivity contribution < 1.29 is 13.2 Å². The lowest BCUT2D eigenvalue weighted by molar-refractivity contribution is 0.400. The summed E-state index contributed by atoms with van der Waals surface area (Å²) in [7, 11) is 2.07. The first kappa shape index (κ1) is 24.7. The SMILES string of the molecule is CCCCS(=O)(=O)Nc1cc(-c2ccc3ncnc(NCCCN(C)C)c3c2)cnc1OC. The highest BCUT2D eigenvalue weighted by atomic mass is 32.2. The number of aromatic nitrogens is 3. The average molecular weight is 473 g/mol. The van der Waals surface area contributed by atoms with Crippen molar-refractivity contribution in [2.24, 2.45) is 0 Å². The van der Waals surface area contributed by atoms with Crippen LogP contribution in [0.4, 0.5) is 11.5 Å². The van der Waals surface area contributed by atoms with Gasteiger partial charge in [-0.05, 0) is 57.2 Å². The van der Waals surface area contributed by atoms with E-state index in [0.29, 0.717) is 12.1 Å². The molecule has 0 bridgehead atoms. The van der Waals surface area contributed by atoms with E-state index in [2.05, 4.69) is 29.9 Å². The van der Waals surface area contributed by atoms with Gasteiger partial charge in [0.1, 0.15) is 17.8 Å². The quantitative estimate of drug-likeness (QED) is 0.385. The molecular formula is C23H32N6O3S. The van der Waals surface area contributed by atoms with Gasteiger partial charge < -0.3 is 15.0 Å². The zero-order chi connectivity index (χ0) is 23.8. The second kappa shape index (κ2) is 11.2. The molecule has 0 spiro atoms. The Morgan fingerprint density at radius 1 is 1.06 bits per heavy atom. The van der Waals surface area contributed by atoms with Gasteiger partial charge in [0.15, 0.2) is 0 Å². The Kier molecular flexibility index (Phi) is 8.40. The van der Waals surface area contributed by atoms with Gasteiger partial charge in [-0.15, -0.1) is 0 Å². The van der Waals surface area contributed by atoms with E-state index in [4.69, 9.17) is 4.74 Å². The zero-order valence-corrected chi connectivity index (χ0v) is 20.4. The van der Waals surface area contributed by atoms with Crippen molar-refractivity contribution in [1.82, 2.24) is 19.9 Å².